The van der Waals surface area contributed by atoms with Crippen LogP contribution in [0.15, 0.2) is 36.4 Å². The zero-order valence-corrected chi connectivity index (χ0v) is 13.2. The van der Waals surface area contributed by atoms with Gasteiger partial charge in [0.05, 0.1) is 12.7 Å². The molecule has 0 N–H and O–H groups in total. The molecule has 0 spiro atoms. The van der Waals surface area contributed by atoms with Crippen LogP contribution in [0.3, 0.4) is 0 Å². The average molecular weight is 364 g/mol. The highest BCUT2D eigenvalue weighted by Crippen LogP contribution is 2.36. The summed E-state index contributed by atoms with van der Waals surface area (Å²) in [5.74, 6) is 0.168. The summed E-state index contributed by atoms with van der Waals surface area (Å²) in [7, 11) is 2.85. The standard InChI is InChI=1S/C16H14F6N2O/c1-24(9-10-3-5-12(25-2)6-4-10)14-8-11(15(17,18)19)7-13(23-14)16(20,21)22/h3-8H,9H2,1-2H3. The second kappa shape index (κ2) is 6.81. The van der Waals surface area contributed by atoms with Crippen LogP contribution in [0.1, 0.15) is 16.8 Å². The molecule has 2 rings (SSSR count). The van der Waals surface area contributed by atoms with Crippen LogP contribution in [0.4, 0.5) is 32.2 Å². The predicted octanol–water partition coefficient (Wildman–Crippen LogP) is 4.76. The average Bonchev–Trinajstić information content (AvgIpc) is 2.53. The van der Waals surface area contributed by atoms with Crippen LogP contribution < -0.4 is 9.64 Å². The van der Waals surface area contributed by atoms with E-state index in [1.165, 1.54) is 19.1 Å². The third-order valence-corrected chi connectivity index (χ3v) is 3.40. The van der Waals surface area contributed by atoms with Gasteiger partial charge in [-0.15, -0.1) is 0 Å². The highest BCUT2D eigenvalue weighted by atomic mass is 19.4. The Bertz CT molecular complexity index is 693. The van der Waals surface area contributed by atoms with Gasteiger partial charge in [-0.25, -0.2) is 4.98 Å². The van der Waals surface area contributed by atoms with E-state index in [4.69, 9.17) is 4.74 Å². The van der Waals surface area contributed by atoms with E-state index in [0.29, 0.717) is 17.4 Å². The summed E-state index contributed by atoms with van der Waals surface area (Å²) in [5.41, 5.74) is -2.30. The molecule has 0 saturated heterocycles. The van der Waals surface area contributed by atoms with E-state index in [1.807, 2.05) is 0 Å². The van der Waals surface area contributed by atoms with Crippen molar-refractivity contribution in [3.05, 3.63) is 53.2 Å². The second-order valence-electron chi connectivity index (χ2n) is 5.30. The van der Waals surface area contributed by atoms with Crippen molar-refractivity contribution in [1.29, 1.82) is 0 Å². The van der Waals surface area contributed by atoms with Crippen LogP contribution in [0.25, 0.3) is 0 Å². The van der Waals surface area contributed by atoms with Gasteiger partial charge in [-0.3, -0.25) is 0 Å². The van der Waals surface area contributed by atoms with Gasteiger partial charge >= 0.3 is 12.4 Å². The number of alkyl halides is 6. The molecule has 0 unspecified atom stereocenters. The number of rotatable bonds is 4. The smallest absolute Gasteiger partial charge is 0.433 e. The monoisotopic (exact) mass is 364 g/mol. The summed E-state index contributed by atoms with van der Waals surface area (Å²) in [6, 6.07) is 7.21. The van der Waals surface area contributed by atoms with Gasteiger partial charge in [-0.05, 0) is 29.8 Å². The molecule has 3 nitrogen and oxygen atoms in total. The normalized spacial score (nSPS) is 12.2. The zero-order chi connectivity index (χ0) is 18.8. The molecule has 2 aromatic rings. The number of nitrogens with zero attached hydrogens (tertiary/aromatic N) is 2. The van der Waals surface area contributed by atoms with Gasteiger partial charge in [0.15, 0.2) is 0 Å². The van der Waals surface area contributed by atoms with Gasteiger partial charge in [-0.2, -0.15) is 26.3 Å². The number of methoxy groups -OCH3 is 1. The van der Waals surface area contributed by atoms with Gasteiger partial charge in [0.2, 0.25) is 0 Å². The molecule has 1 aromatic carbocycles. The Morgan fingerprint density at radius 3 is 2.04 bits per heavy atom. The van der Waals surface area contributed by atoms with E-state index in [1.54, 1.807) is 24.3 Å². The highest BCUT2D eigenvalue weighted by Gasteiger charge is 2.38. The van der Waals surface area contributed by atoms with Crippen molar-refractivity contribution in [2.24, 2.45) is 0 Å². The Morgan fingerprint density at radius 2 is 1.56 bits per heavy atom. The summed E-state index contributed by atoms with van der Waals surface area (Å²) in [6.07, 6.45) is -9.88. The zero-order valence-electron chi connectivity index (χ0n) is 13.2. The van der Waals surface area contributed by atoms with Crippen molar-refractivity contribution in [1.82, 2.24) is 4.98 Å². The van der Waals surface area contributed by atoms with E-state index in [0.717, 1.165) is 0 Å². The van der Waals surface area contributed by atoms with Crippen LogP contribution in [-0.4, -0.2) is 19.1 Å². The van der Waals surface area contributed by atoms with Crippen LogP contribution in [0.2, 0.25) is 0 Å². The quantitative estimate of drug-likeness (QED) is 0.731. The lowest BCUT2D eigenvalue weighted by Gasteiger charge is -2.21. The maximum absolute atomic E-state index is 12.9. The summed E-state index contributed by atoms with van der Waals surface area (Å²) < 4.78 is 82.2. The Morgan fingerprint density at radius 1 is 0.960 bits per heavy atom. The van der Waals surface area contributed by atoms with Gasteiger partial charge in [-0.1, -0.05) is 12.1 Å². The lowest BCUT2D eigenvalue weighted by Crippen LogP contribution is -2.21. The lowest BCUT2D eigenvalue weighted by molar-refractivity contribution is -0.145. The molecule has 1 heterocycles. The molecule has 0 radical (unpaired) electrons. The predicted molar refractivity (Wildman–Crippen MR) is 79.3 cm³/mol. The number of benzene rings is 1. The largest absolute Gasteiger partial charge is 0.497 e. The van der Waals surface area contributed by atoms with Crippen molar-refractivity contribution in [2.75, 3.05) is 19.1 Å². The Hall–Kier alpha value is -2.45. The molecule has 1 aromatic heterocycles. The van der Waals surface area contributed by atoms with E-state index < -0.39 is 29.4 Å². The van der Waals surface area contributed by atoms with Crippen molar-refractivity contribution >= 4 is 5.82 Å². The molecule has 0 aliphatic carbocycles. The van der Waals surface area contributed by atoms with Crippen LogP contribution in [-0.2, 0) is 18.9 Å². The Balaban J connectivity index is 2.35. The summed E-state index contributed by atoms with van der Waals surface area (Å²) in [5, 5.41) is 0. The lowest BCUT2D eigenvalue weighted by atomic mass is 10.1. The SMILES string of the molecule is COc1ccc(CN(C)c2cc(C(F)(F)F)cc(C(F)(F)F)n2)cc1. The van der Waals surface area contributed by atoms with Crippen molar-refractivity contribution in [2.45, 2.75) is 18.9 Å². The molecule has 0 amide bonds. The van der Waals surface area contributed by atoms with E-state index in [9.17, 15) is 26.3 Å². The fraction of sp³-hybridized carbons (Fsp3) is 0.312. The number of pyridine rings is 1. The number of hydrogen-bond acceptors (Lipinski definition) is 3. The number of ether oxygens (including phenoxy) is 1. The van der Waals surface area contributed by atoms with Crippen LogP contribution in [0, 0.1) is 0 Å². The molecule has 0 aliphatic rings. The first kappa shape index (κ1) is 18.9. The molecule has 9 heteroatoms. The fourth-order valence-electron chi connectivity index (χ4n) is 2.11. The first-order valence-corrected chi connectivity index (χ1v) is 7.01. The molecule has 136 valence electrons. The molecule has 25 heavy (non-hydrogen) atoms. The highest BCUT2D eigenvalue weighted by molar-refractivity contribution is 5.44. The van der Waals surface area contributed by atoms with Gasteiger partial charge in [0, 0.05) is 13.6 Å². The first-order chi connectivity index (χ1) is 11.5. The molecular formula is C16H14F6N2O. The van der Waals surface area contributed by atoms with E-state index in [-0.39, 0.29) is 12.6 Å². The van der Waals surface area contributed by atoms with Crippen LogP contribution in [0.5, 0.6) is 5.75 Å². The molecular weight excluding hydrogens is 350 g/mol. The minimum Gasteiger partial charge on any atom is -0.497 e. The van der Waals surface area contributed by atoms with Crippen molar-refractivity contribution in [3.8, 4) is 5.75 Å². The van der Waals surface area contributed by atoms with Gasteiger partial charge in [0.25, 0.3) is 0 Å². The van der Waals surface area contributed by atoms with Gasteiger partial charge in [0.1, 0.15) is 17.3 Å². The molecule has 0 atom stereocenters. The second-order valence-corrected chi connectivity index (χ2v) is 5.30. The Labute approximate surface area is 139 Å². The number of halogens is 6. The summed E-state index contributed by atoms with van der Waals surface area (Å²) >= 11 is 0. The third-order valence-electron chi connectivity index (χ3n) is 3.40. The molecule has 0 bridgehead atoms. The summed E-state index contributed by atoms with van der Waals surface area (Å²) in [6.45, 7) is 0.0790. The number of anilines is 1. The maximum atomic E-state index is 12.9. The molecule has 0 aliphatic heterocycles. The molecule has 0 fully saturated rings. The van der Waals surface area contributed by atoms with Crippen molar-refractivity contribution in [3.63, 3.8) is 0 Å². The topological polar surface area (TPSA) is 25.4 Å². The van der Waals surface area contributed by atoms with E-state index in [2.05, 4.69) is 4.98 Å². The molecule has 0 saturated carbocycles. The third kappa shape index (κ3) is 4.77. The Kier molecular flexibility index (Phi) is 5.15. The minimum absolute atomic E-state index is 0.00468. The maximum Gasteiger partial charge on any atom is 0.433 e. The fourth-order valence-corrected chi connectivity index (χ4v) is 2.11. The minimum atomic E-state index is -4.98. The number of hydrogen-bond donors (Lipinski definition) is 0. The van der Waals surface area contributed by atoms with Crippen LogP contribution >= 0.6 is 0 Å². The van der Waals surface area contributed by atoms with Gasteiger partial charge < -0.3 is 9.64 Å². The van der Waals surface area contributed by atoms with E-state index >= 15 is 0 Å². The summed E-state index contributed by atoms with van der Waals surface area (Å²) in [4.78, 5) is 4.54. The first-order valence-electron chi connectivity index (χ1n) is 7.01. The number of aromatic nitrogens is 1. The van der Waals surface area contributed by atoms with Crippen molar-refractivity contribution < 1.29 is 31.1 Å².